The number of hydrogen-bond acceptors (Lipinski definition) is 2. The SMILES string of the molecule is CC(Oc1ccc(N)cc1)c1c(F)ccc(F)c1F. The van der Waals surface area contributed by atoms with Gasteiger partial charge in [0.2, 0.25) is 0 Å². The molecule has 0 saturated heterocycles. The maximum Gasteiger partial charge on any atom is 0.168 e. The Morgan fingerprint density at radius 2 is 1.53 bits per heavy atom. The van der Waals surface area contributed by atoms with Crippen LogP contribution in [-0.2, 0) is 0 Å². The largest absolute Gasteiger partial charge is 0.486 e. The van der Waals surface area contributed by atoms with Gasteiger partial charge in [-0.2, -0.15) is 0 Å². The Morgan fingerprint density at radius 3 is 2.16 bits per heavy atom. The van der Waals surface area contributed by atoms with E-state index in [1.54, 1.807) is 24.3 Å². The fraction of sp³-hybridized carbons (Fsp3) is 0.143. The van der Waals surface area contributed by atoms with Crippen LogP contribution in [0.5, 0.6) is 5.75 Å². The molecular weight excluding hydrogens is 255 g/mol. The summed E-state index contributed by atoms with van der Waals surface area (Å²) >= 11 is 0. The Hall–Kier alpha value is -2.17. The van der Waals surface area contributed by atoms with E-state index in [-0.39, 0.29) is 0 Å². The van der Waals surface area contributed by atoms with E-state index in [0.29, 0.717) is 11.4 Å². The van der Waals surface area contributed by atoms with Crippen molar-refractivity contribution < 1.29 is 17.9 Å². The first-order valence-electron chi connectivity index (χ1n) is 5.64. The van der Waals surface area contributed by atoms with Crippen LogP contribution >= 0.6 is 0 Å². The molecule has 0 amide bonds. The van der Waals surface area contributed by atoms with Crippen molar-refractivity contribution in [1.82, 2.24) is 0 Å². The van der Waals surface area contributed by atoms with Crippen molar-refractivity contribution in [3.63, 3.8) is 0 Å². The first-order chi connectivity index (χ1) is 8.99. The number of ether oxygens (including phenoxy) is 1. The molecule has 1 atom stereocenters. The van der Waals surface area contributed by atoms with E-state index >= 15 is 0 Å². The molecule has 0 saturated carbocycles. The number of hydrogen-bond donors (Lipinski definition) is 1. The monoisotopic (exact) mass is 267 g/mol. The molecule has 0 aliphatic carbocycles. The molecule has 0 spiro atoms. The lowest BCUT2D eigenvalue weighted by molar-refractivity contribution is 0.213. The van der Waals surface area contributed by atoms with Crippen LogP contribution < -0.4 is 10.5 Å². The highest BCUT2D eigenvalue weighted by Crippen LogP contribution is 2.27. The van der Waals surface area contributed by atoms with Gasteiger partial charge in [-0.1, -0.05) is 0 Å². The highest BCUT2D eigenvalue weighted by atomic mass is 19.2. The molecule has 0 fully saturated rings. The summed E-state index contributed by atoms with van der Waals surface area (Å²) in [7, 11) is 0. The maximum atomic E-state index is 13.6. The second-order valence-electron chi connectivity index (χ2n) is 4.09. The molecule has 2 aromatic carbocycles. The summed E-state index contributed by atoms with van der Waals surface area (Å²) < 4.78 is 45.6. The quantitative estimate of drug-likeness (QED) is 0.677. The van der Waals surface area contributed by atoms with E-state index < -0.39 is 29.1 Å². The Morgan fingerprint density at radius 1 is 0.947 bits per heavy atom. The number of nitrogens with two attached hydrogens (primary N) is 1. The average Bonchev–Trinajstić information content (AvgIpc) is 2.37. The summed E-state index contributed by atoms with van der Waals surface area (Å²) in [5, 5.41) is 0. The molecule has 2 aromatic rings. The van der Waals surface area contributed by atoms with Crippen molar-refractivity contribution in [2.45, 2.75) is 13.0 Å². The van der Waals surface area contributed by atoms with Gasteiger partial charge in [-0.3, -0.25) is 0 Å². The van der Waals surface area contributed by atoms with Crippen LogP contribution in [0.15, 0.2) is 36.4 Å². The molecule has 2 N–H and O–H groups in total. The van der Waals surface area contributed by atoms with Crippen molar-refractivity contribution in [2.75, 3.05) is 5.73 Å². The molecular formula is C14H12F3NO. The van der Waals surface area contributed by atoms with Gasteiger partial charge in [0, 0.05) is 5.69 Å². The van der Waals surface area contributed by atoms with Crippen LogP contribution in [-0.4, -0.2) is 0 Å². The van der Waals surface area contributed by atoms with Crippen molar-refractivity contribution in [3.05, 3.63) is 59.4 Å². The lowest BCUT2D eigenvalue weighted by Crippen LogP contribution is -2.09. The minimum atomic E-state index is -1.23. The average molecular weight is 267 g/mol. The van der Waals surface area contributed by atoms with Crippen molar-refractivity contribution in [3.8, 4) is 5.75 Å². The summed E-state index contributed by atoms with van der Waals surface area (Å²) in [5.41, 5.74) is 5.62. The van der Waals surface area contributed by atoms with Crippen molar-refractivity contribution in [2.24, 2.45) is 0 Å². The van der Waals surface area contributed by atoms with Gasteiger partial charge in [-0.05, 0) is 43.3 Å². The Kier molecular flexibility index (Phi) is 3.64. The highest BCUT2D eigenvalue weighted by molar-refractivity contribution is 5.41. The third kappa shape index (κ3) is 2.81. The van der Waals surface area contributed by atoms with Crippen molar-refractivity contribution in [1.29, 1.82) is 0 Å². The van der Waals surface area contributed by atoms with Gasteiger partial charge in [-0.25, -0.2) is 13.2 Å². The number of rotatable bonds is 3. The maximum absolute atomic E-state index is 13.6. The van der Waals surface area contributed by atoms with E-state index in [4.69, 9.17) is 10.5 Å². The third-order valence-corrected chi connectivity index (χ3v) is 2.68. The van der Waals surface area contributed by atoms with Crippen LogP contribution in [0.3, 0.4) is 0 Å². The third-order valence-electron chi connectivity index (χ3n) is 2.68. The van der Waals surface area contributed by atoms with Crippen LogP contribution in [0.2, 0.25) is 0 Å². The molecule has 0 aromatic heterocycles. The van der Waals surface area contributed by atoms with Gasteiger partial charge >= 0.3 is 0 Å². The van der Waals surface area contributed by atoms with Crippen molar-refractivity contribution >= 4 is 5.69 Å². The fourth-order valence-electron chi connectivity index (χ4n) is 1.72. The molecule has 0 heterocycles. The molecule has 0 radical (unpaired) electrons. The summed E-state index contributed by atoms with van der Waals surface area (Å²) in [6.45, 7) is 1.44. The summed E-state index contributed by atoms with van der Waals surface area (Å²) in [5.74, 6) is -2.79. The highest BCUT2D eigenvalue weighted by Gasteiger charge is 2.20. The Bertz CT molecular complexity index is 584. The summed E-state index contributed by atoms with van der Waals surface area (Å²) in [6, 6.07) is 7.95. The first kappa shape index (κ1) is 13.3. The second kappa shape index (κ2) is 5.22. The minimum absolute atomic E-state index is 0.393. The van der Waals surface area contributed by atoms with Crippen LogP contribution in [0.1, 0.15) is 18.6 Å². The van der Waals surface area contributed by atoms with E-state index in [1.165, 1.54) is 6.92 Å². The van der Waals surface area contributed by atoms with Crippen LogP contribution in [0.4, 0.5) is 18.9 Å². The van der Waals surface area contributed by atoms with E-state index in [0.717, 1.165) is 12.1 Å². The lowest BCUT2D eigenvalue weighted by Gasteiger charge is -2.16. The van der Waals surface area contributed by atoms with Gasteiger partial charge in [0.05, 0.1) is 5.56 Å². The molecule has 0 aliphatic rings. The van der Waals surface area contributed by atoms with Gasteiger partial charge in [0.25, 0.3) is 0 Å². The molecule has 2 rings (SSSR count). The standard InChI is InChI=1S/C14H12F3NO/c1-8(19-10-4-2-9(18)3-5-10)13-11(15)6-7-12(16)14(13)17/h2-8H,18H2,1H3. The van der Waals surface area contributed by atoms with Crippen LogP contribution in [0.25, 0.3) is 0 Å². The van der Waals surface area contributed by atoms with Gasteiger partial charge in [0.1, 0.15) is 17.7 Å². The topological polar surface area (TPSA) is 35.2 Å². The van der Waals surface area contributed by atoms with Gasteiger partial charge in [0.15, 0.2) is 11.6 Å². The molecule has 0 bridgehead atoms. The molecule has 2 nitrogen and oxygen atoms in total. The summed E-state index contributed by atoms with van der Waals surface area (Å²) in [4.78, 5) is 0. The zero-order chi connectivity index (χ0) is 14.0. The van der Waals surface area contributed by atoms with E-state index in [1.807, 2.05) is 0 Å². The zero-order valence-electron chi connectivity index (χ0n) is 10.2. The molecule has 0 aliphatic heterocycles. The van der Waals surface area contributed by atoms with E-state index in [9.17, 15) is 13.2 Å². The molecule has 19 heavy (non-hydrogen) atoms. The van der Waals surface area contributed by atoms with E-state index in [2.05, 4.69) is 0 Å². The minimum Gasteiger partial charge on any atom is -0.486 e. The van der Waals surface area contributed by atoms with Gasteiger partial charge < -0.3 is 10.5 Å². The van der Waals surface area contributed by atoms with Gasteiger partial charge in [-0.15, -0.1) is 0 Å². The number of anilines is 1. The molecule has 100 valence electrons. The molecule has 1 unspecified atom stereocenters. The lowest BCUT2D eigenvalue weighted by atomic mass is 10.1. The normalized spacial score (nSPS) is 12.2. The number of benzene rings is 2. The zero-order valence-corrected chi connectivity index (χ0v) is 10.2. The fourth-order valence-corrected chi connectivity index (χ4v) is 1.72. The predicted octanol–water partition coefficient (Wildman–Crippen LogP) is 3.83. The smallest absolute Gasteiger partial charge is 0.168 e. The number of nitrogen functional groups attached to an aromatic ring is 1. The predicted molar refractivity (Wildman–Crippen MR) is 66.2 cm³/mol. The van der Waals surface area contributed by atoms with Crippen LogP contribution in [0, 0.1) is 17.5 Å². The first-order valence-corrected chi connectivity index (χ1v) is 5.64. The molecule has 5 heteroatoms. The number of halogens is 3. The summed E-state index contributed by atoms with van der Waals surface area (Å²) in [6.07, 6.45) is -0.959. The Labute approximate surface area is 108 Å². The Balaban J connectivity index is 2.27. The second-order valence-corrected chi connectivity index (χ2v) is 4.09.